The minimum atomic E-state index is -0.512. The van der Waals surface area contributed by atoms with Crippen molar-refractivity contribution in [1.29, 1.82) is 0 Å². The lowest BCUT2D eigenvalue weighted by atomic mass is 9.99. The zero-order valence-electron chi connectivity index (χ0n) is 18.8. The van der Waals surface area contributed by atoms with Crippen LogP contribution in [0.2, 0.25) is 0 Å². The summed E-state index contributed by atoms with van der Waals surface area (Å²) in [5, 5.41) is 0.718. The number of esters is 2. The van der Waals surface area contributed by atoms with Crippen LogP contribution in [-0.2, 0) is 4.74 Å². The van der Waals surface area contributed by atoms with E-state index in [0.29, 0.717) is 28.3 Å². The summed E-state index contributed by atoms with van der Waals surface area (Å²) in [6.45, 7) is 3.95. The van der Waals surface area contributed by atoms with Gasteiger partial charge in [-0.15, -0.1) is 0 Å². The van der Waals surface area contributed by atoms with Crippen molar-refractivity contribution in [2.45, 2.75) is 13.8 Å². The van der Waals surface area contributed by atoms with Crippen molar-refractivity contribution in [3.63, 3.8) is 0 Å². The van der Waals surface area contributed by atoms with E-state index in [-0.39, 0.29) is 0 Å². The van der Waals surface area contributed by atoms with Gasteiger partial charge in [0.1, 0.15) is 11.5 Å². The van der Waals surface area contributed by atoms with Crippen molar-refractivity contribution < 1.29 is 23.8 Å². The van der Waals surface area contributed by atoms with Crippen molar-refractivity contribution in [3.05, 3.63) is 89.0 Å². The maximum absolute atomic E-state index is 13.3. The molecule has 0 fully saturated rings. The first-order valence-electron chi connectivity index (χ1n) is 10.4. The molecule has 0 spiro atoms. The third kappa shape index (κ3) is 4.55. The molecule has 0 amide bonds. The van der Waals surface area contributed by atoms with Crippen molar-refractivity contribution in [2.24, 2.45) is 0 Å². The molecule has 0 bridgehead atoms. The molecule has 1 heterocycles. The molecule has 0 aliphatic heterocycles. The monoisotopic (exact) mass is 441 g/mol. The predicted molar refractivity (Wildman–Crippen MR) is 126 cm³/mol. The van der Waals surface area contributed by atoms with E-state index in [9.17, 15) is 9.59 Å². The zero-order chi connectivity index (χ0) is 23.5. The van der Waals surface area contributed by atoms with Crippen LogP contribution in [-0.4, -0.2) is 31.1 Å². The molecule has 0 saturated heterocycles. The summed E-state index contributed by atoms with van der Waals surface area (Å²) in [6, 6.07) is 19.5. The van der Waals surface area contributed by atoms with Crippen molar-refractivity contribution in [2.75, 3.05) is 14.2 Å². The Kier molecular flexibility index (Phi) is 6.09. The molecule has 6 nitrogen and oxygen atoms in total. The Bertz CT molecular complexity index is 1360. The Hall–Kier alpha value is -4.19. The molecule has 6 heteroatoms. The van der Waals surface area contributed by atoms with Gasteiger partial charge in [0, 0.05) is 10.9 Å². The lowest BCUT2D eigenvalue weighted by molar-refractivity contribution is 0.0600. The standard InChI is InChI=1S/C27H23NO5/c1-16-12-17(2)25-22(13-16)23(15-24(28-25)19-6-5-7-21(14-19)31-3)27(30)33-20-10-8-18(9-11-20)26(29)32-4/h5-15H,1-4H3. The van der Waals surface area contributed by atoms with Gasteiger partial charge in [-0.25, -0.2) is 14.6 Å². The van der Waals surface area contributed by atoms with Crippen LogP contribution in [0.15, 0.2) is 66.7 Å². The second-order valence-corrected chi connectivity index (χ2v) is 7.67. The molecule has 4 rings (SSSR count). The zero-order valence-corrected chi connectivity index (χ0v) is 18.8. The van der Waals surface area contributed by atoms with Crippen LogP contribution in [0.25, 0.3) is 22.2 Å². The maximum atomic E-state index is 13.3. The van der Waals surface area contributed by atoms with Crippen molar-refractivity contribution in [3.8, 4) is 22.8 Å². The van der Waals surface area contributed by atoms with Gasteiger partial charge in [-0.3, -0.25) is 0 Å². The number of rotatable bonds is 5. The predicted octanol–water partition coefficient (Wildman–Crippen LogP) is 5.53. The van der Waals surface area contributed by atoms with Gasteiger partial charge in [0.25, 0.3) is 0 Å². The average molecular weight is 441 g/mol. The molecule has 33 heavy (non-hydrogen) atoms. The first-order chi connectivity index (χ1) is 15.9. The quantitative estimate of drug-likeness (QED) is 0.299. The van der Waals surface area contributed by atoms with Crippen molar-refractivity contribution in [1.82, 2.24) is 4.98 Å². The maximum Gasteiger partial charge on any atom is 0.344 e. The summed E-state index contributed by atoms with van der Waals surface area (Å²) in [5.74, 6) is 0.0546. The van der Waals surface area contributed by atoms with E-state index in [2.05, 4.69) is 0 Å². The SMILES string of the molecule is COC(=O)c1ccc(OC(=O)c2cc(-c3cccc(OC)c3)nc3c(C)cc(C)cc23)cc1. The number of carbonyl (C=O) groups is 2. The van der Waals surface area contributed by atoms with Gasteiger partial charge >= 0.3 is 11.9 Å². The molecular formula is C27H23NO5. The Morgan fingerprint density at radius 1 is 0.818 bits per heavy atom. The highest BCUT2D eigenvalue weighted by atomic mass is 16.5. The summed E-state index contributed by atoms with van der Waals surface area (Å²) in [5.41, 5.74) is 4.96. The molecule has 0 aliphatic carbocycles. The van der Waals surface area contributed by atoms with Gasteiger partial charge in [-0.2, -0.15) is 0 Å². The lowest BCUT2D eigenvalue weighted by Gasteiger charge is -2.13. The first kappa shape index (κ1) is 22.0. The number of carbonyl (C=O) groups excluding carboxylic acids is 2. The van der Waals surface area contributed by atoms with Gasteiger partial charge in [0.05, 0.1) is 36.6 Å². The third-order valence-electron chi connectivity index (χ3n) is 5.32. The number of ether oxygens (including phenoxy) is 3. The Morgan fingerprint density at radius 2 is 1.58 bits per heavy atom. The van der Waals surface area contributed by atoms with Gasteiger partial charge in [-0.05, 0) is 67.9 Å². The smallest absolute Gasteiger partial charge is 0.344 e. The topological polar surface area (TPSA) is 74.7 Å². The number of benzene rings is 3. The largest absolute Gasteiger partial charge is 0.497 e. The molecule has 3 aromatic carbocycles. The number of aryl methyl sites for hydroxylation is 2. The molecule has 0 unspecified atom stereocenters. The van der Waals surface area contributed by atoms with Crippen LogP contribution in [0.3, 0.4) is 0 Å². The lowest BCUT2D eigenvalue weighted by Crippen LogP contribution is -2.11. The molecule has 0 radical (unpaired) electrons. The number of nitrogens with zero attached hydrogens (tertiary/aromatic N) is 1. The van der Waals surface area contributed by atoms with E-state index >= 15 is 0 Å². The number of fused-ring (bicyclic) bond motifs is 1. The molecule has 0 aliphatic rings. The fourth-order valence-corrected chi connectivity index (χ4v) is 3.72. The summed E-state index contributed by atoms with van der Waals surface area (Å²) < 4.78 is 15.7. The van der Waals surface area contributed by atoms with Crippen LogP contribution >= 0.6 is 0 Å². The highest BCUT2D eigenvalue weighted by Crippen LogP contribution is 2.30. The molecule has 0 saturated carbocycles. The summed E-state index contributed by atoms with van der Waals surface area (Å²) in [7, 11) is 2.92. The first-order valence-corrected chi connectivity index (χ1v) is 10.4. The highest BCUT2D eigenvalue weighted by molar-refractivity contribution is 6.06. The second-order valence-electron chi connectivity index (χ2n) is 7.67. The van der Waals surface area contributed by atoms with Gasteiger partial charge < -0.3 is 14.2 Å². The summed E-state index contributed by atoms with van der Waals surface area (Å²) in [6.07, 6.45) is 0. The fourth-order valence-electron chi connectivity index (χ4n) is 3.72. The van der Waals surface area contributed by atoms with E-state index in [0.717, 1.165) is 27.6 Å². The number of methoxy groups -OCH3 is 2. The number of hydrogen-bond acceptors (Lipinski definition) is 6. The van der Waals surface area contributed by atoms with Crippen LogP contribution < -0.4 is 9.47 Å². The molecule has 4 aromatic rings. The van der Waals surface area contributed by atoms with Crippen LogP contribution in [0.1, 0.15) is 31.8 Å². The van der Waals surface area contributed by atoms with E-state index in [1.165, 1.54) is 7.11 Å². The number of pyridine rings is 1. The highest BCUT2D eigenvalue weighted by Gasteiger charge is 2.18. The van der Waals surface area contributed by atoms with Gasteiger partial charge in [0.15, 0.2) is 0 Å². The summed E-state index contributed by atoms with van der Waals surface area (Å²) >= 11 is 0. The number of aromatic nitrogens is 1. The van der Waals surface area contributed by atoms with Crippen LogP contribution in [0.5, 0.6) is 11.5 Å². The normalized spacial score (nSPS) is 10.7. The van der Waals surface area contributed by atoms with Crippen molar-refractivity contribution >= 4 is 22.8 Å². The number of hydrogen-bond donors (Lipinski definition) is 0. The molecule has 0 atom stereocenters. The van der Waals surface area contributed by atoms with E-state index in [4.69, 9.17) is 19.2 Å². The molecular weight excluding hydrogens is 418 g/mol. The fraction of sp³-hybridized carbons (Fsp3) is 0.148. The van der Waals surface area contributed by atoms with Crippen LogP contribution in [0, 0.1) is 13.8 Å². The van der Waals surface area contributed by atoms with E-state index in [1.807, 2.05) is 50.2 Å². The Balaban J connectivity index is 1.79. The Morgan fingerprint density at radius 3 is 2.27 bits per heavy atom. The van der Waals surface area contributed by atoms with E-state index < -0.39 is 11.9 Å². The molecule has 1 aromatic heterocycles. The van der Waals surface area contributed by atoms with Crippen LogP contribution in [0.4, 0.5) is 0 Å². The third-order valence-corrected chi connectivity index (χ3v) is 5.32. The second kappa shape index (κ2) is 9.12. The van der Waals surface area contributed by atoms with Gasteiger partial charge in [0.2, 0.25) is 0 Å². The minimum absolute atomic E-state index is 0.324. The van der Waals surface area contributed by atoms with Gasteiger partial charge in [-0.1, -0.05) is 23.8 Å². The summed E-state index contributed by atoms with van der Waals surface area (Å²) in [4.78, 5) is 29.8. The molecule has 166 valence electrons. The average Bonchev–Trinajstić information content (AvgIpc) is 2.83. The minimum Gasteiger partial charge on any atom is -0.497 e. The van der Waals surface area contributed by atoms with E-state index in [1.54, 1.807) is 37.4 Å². The molecule has 0 N–H and O–H groups in total. The Labute approximate surface area is 191 Å².